The van der Waals surface area contributed by atoms with Crippen molar-refractivity contribution in [2.75, 3.05) is 5.32 Å². The van der Waals surface area contributed by atoms with Gasteiger partial charge < -0.3 is 5.32 Å². The van der Waals surface area contributed by atoms with E-state index in [0.717, 1.165) is 23.4 Å². The molecule has 0 saturated heterocycles. The molecule has 1 amide bonds. The van der Waals surface area contributed by atoms with Crippen LogP contribution in [0.4, 0.5) is 5.13 Å². The molecule has 17 heavy (non-hydrogen) atoms. The Balaban J connectivity index is 1.75. The van der Waals surface area contributed by atoms with E-state index in [9.17, 15) is 4.79 Å². The molecule has 0 aliphatic heterocycles. The first kappa shape index (κ1) is 10.9. The highest BCUT2D eigenvalue weighted by Crippen LogP contribution is 2.33. The van der Waals surface area contributed by atoms with Crippen molar-refractivity contribution in [3.8, 4) is 10.6 Å². The van der Waals surface area contributed by atoms with E-state index in [-0.39, 0.29) is 11.8 Å². The molecule has 0 aromatic carbocycles. The highest BCUT2D eigenvalue weighted by atomic mass is 32.1. The standard InChI is InChI=1S/C12H12N2OS2/c1-7-2-5-10(17-7)9-6-16-12(13-9)14-11(15)8-3-4-8/h2,5-6,8H,3-4H2,1H3,(H,13,14,15). The van der Waals surface area contributed by atoms with E-state index in [0.29, 0.717) is 5.13 Å². The highest BCUT2D eigenvalue weighted by Gasteiger charge is 2.30. The van der Waals surface area contributed by atoms with E-state index >= 15 is 0 Å². The van der Waals surface area contributed by atoms with E-state index in [2.05, 4.69) is 29.4 Å². The van der Waals surface area contributed by atoms with Gasteiger partial charge in [0.25, 0.3) is 0 Å². The summed E-state index contributed by atoms with van der Waals surface area (Å²) in [5.74, 6) is 0.347. The average Bonchev–Trinajstić information content (AvgIpc) is 2.92. The van der Waals surface area contributed by atoms with Crippen LogP contribution in [0.2, 0.25) is 0 Å². The van der Waals surface area contributed by atoms with Crippen molar-refractivity contribution in [3.63, 3.8) is 0 Å². The minimum absolute atomic E-state index is 0.119. The molecule has 1 N–H and O–H groups in total. The fourth-order valence-electron chi connectivity index (χ4n) is 1.57. The topological polar surface area (TPSA) is 42.0 Å². The van der Waals surface area contributed by atoms with Gasteiger partial charge in [-0.25, -0.2) is 4.98 Å². The number of hydrogen-bond acceptors (Lipinski definition) is 4. The van der Waals surface area contributed by atoms with Gasteiger partial charge in [0, 0.05) is 16.2 Å². The van der Waals surface area contributed by atoms with Crippen molar-refractivity contribution in [3.05, 3.63) is 22.4 Å². The molecule has 0 bridgehead atoms. The van der Waals surface area contributed by atoms with E-state index in [4.69, 9.17) is 0 Å². The maximum Gasteiger partial charge on any atom is 0.229 e. The number of aryl methyl sites for hydroxylation is 1. The predicted molar refractivity (Wildman–Crippen MR) is 71.5 cm³/mol. The zero-order valence-corrected chi connectivity index (χ0v) is 11.0. The fraction of sp³-hybridized carbons (Fsp3) is 0.333. The van der Waals surface area contributed by atoms with Crippen molar-refractivity contribution < 1.29 is 4.79 Å². The second kappa shape index (κ2) is 4.23. The minimum atomic E-state index is 0.119. The van der Waals surface area contributed by atoms with Crippen molar-refractivity contribution >= 4 is 33.7 Å². The van der Waals surface area contributed by atoms with Gasteiger partial charge in [0.2, 0.25) is 5.91 Å². The summed E-state index contributed by atoms with van der Waals surface area (Å²) in [6.45, 7) is 2.08. The maximum absolute atomic E-state index is 11.6. The Hall–Kier alpha value is -1.20. The number of thiazole rings is 1. The number of aromatic nitrogens is 1. The Morgan fingerprint density at radius 3 is 2.94 bits per heavy atom. The third-order valence-electron chi connectivity index (χ3n) is 2.68. The average molecular weight is 264 g/mol. The Morgan fingerprint density at radius 2 is 2.29 bits per heavy atom. The van der Waals surface area contributed by atoms with Crippen LogP contribution in [0.15, 0.2) is 17.5 Å². The van der Waals surface area contributed by atoms with Crippen molar-refractivity contribution in [1.82, 2.24) is 4.98 Å². The minimum Gasteiger partial charge on any atom is -0.302 e. The largest absolute Gasteiger partial charge is 0.302 e. The molecule has 2 aromatic heterocycles. The highest BCUT2D eigenvalue weighted by molar-refractivity contribution is 7.17. The summed E-state index contributed by atoms with van der Waals surface area (Å²) < 4.78 is 0. The third kappa shape index (κ3) is 2.40. The van der Waals surface area contributed by atoms with Gasteiger partial charge in [0.1, 0.15) is 0 Å². The lowest BCUT2D eigenvalue weighted by atomic mass is 10.4. The summed E-state index contributed by atoms with van der Waals surface area (Å²) in [6.07, 6.45) is 2.04. The van der Waals surface area contributed by atoms with Crippen molar-refractivity contribution in [2.24, 2.45) is 5.92 Å². The van der Waals surface area contributed by atoms with Gasteiger partial charge in [-0.1, -0.05) is 0 Å². The SMILES string of the molecule is Cc1ccc(-c2csc(NC(=O)C3CC3)n2)s1. The zero-order chi connectivity index (χ0) is 11.8. The molecule has 2 aromatic rings. The van der Waals surface area contributed by atoms with Crippen molar-refractivity contribution in [1.29, 1.82) is 0 Å². The summed E-state index contributed by atoms with van der Waals surface area (Å²) in [6, 6.07) is 4.16. The van der Waals surface area contributed by atoms with E-state index in [1.165, 1.54) is 16.2 Å². The second-order valence-electron chi connectivity index (χ2n) is 4.21. The van der Waals surface area contributed by atoms with Gasteiger partial charge in [-0.15, -0.1) is 22.7 Å². The number of anilines is 1. The monoisotopic (exact) mass is 264 g/mol. The van der Waals surface area contributed by atoms with E-state index in [1.807, 2.05) is 5.38 Å². The van der Waals surface area contributed by atoms with Crippen LogP contribution >= 0.6 is 22.7 Å². The van der Waals surface area contributed by atoms with Crippen LogP contribution in [-0.4, -0.2) is 10.9 Å². The number of nitrogens with one attached hydrogen (secondary N) is 1. The van der Waals surface area contributed by atoms with Crippen LogP contribution in [0.1, 0.15) is 17.7 Å². The van der Waals surface area contributed by atoms with Gasteiger partial charge in [-0.3, -0.25) is 4.79 Å². The molecule has 0 unspecified atom stereocenters. The molecule has 0 radical (unpaired) electrons. The first-order valence-electron chi connectivity index (χ1n) is 5.55. The van der Waals surface area contributed by atoms with Gasteiger partial charge in [0.15, 0.2) is 5.13 Å². The Morgan fingerprint density at radius 1 is 1.47 bits per heavy atom. The van der Waals surface area contributed by atoms with Crippen LogP contribution in [-0.2, 0) is 4.79 Å². The summed E-state index contributed by atoms with van der Waals surface area (Å²) in [4.78, 5) is 18.5. The van der Waals surface area contributed by atoms with Gasteiger partial charge >= 0.3 is 0 Å². The molecule has 3 rings (SSSR count). The lowest BCUT2D eigenvalue weighted by molar-refractivity contribution is -0.117. The number of amides is 1. The smallest absolute Gasteiger partial charge is 0.229 e. The van der Waals surface area contributed by atoms with Crippen molar-refractivity contribution in [2.45, 2.75) is 19.8 Å². The van der Waals surface area contributed by atoms with Crippen LogP contribution < -0.4 is 5.32 Å². The molecule has 0 atom stereocenters. The summed E-state index contributed by atoms with van der Waals surface area (Å²) in [5.41, 5.74) is 0.958. The van der Waals surface area contributed by atoms with Crippen LogP contribution in [0, 0.1) is 12.8 Å². The number of carbonyl (C=O) groups excluding carboxylic acids is 1. The quantitative estimate of drug-likeness (QED) is 0.921. The predicted octanol–water partition coefficient (Wildman–Crippen LogP) is 3.53. The number of carbonyl (C=O) groups is 1. The van der Waals surface area contributed by atoms with Gasteiger partial charge in [-0.2, -0.15) is 0 Å². The normalized spacial score (nSPS) is 14.9. The molecule has 0 spiro atoms. The summed E-state index contributed by atoms with van der Waals surface area (Å²) >= 11 is 3.21. The molecule has 3 nitrogen and oxygen atoms in total. The molecule has 1 aliphatic rings. The lowest BCUT2D eigenvalue weighted by Crippen LogP contribution is -2.12. The number of thiophene rings is 1. The number of rotatable bonds is 3. The fourth-order valence-corrected chi connectivity index (χ4v) is 3.19. The van der Waals surface area contributed by atoms with Crippen LogP contribution in [0.25, 0.3) is 10.6 Å². The molecule has 88 valence electrons. The lowest BCUT2D eigenvalue weighted by Gasteiger charge is -1.97. The Bertz CT molecular complexity index is 554. The molecule has 1 fully saturated rings. The molecular formula is C12H12N2OS2. The van der Waals surface area contributed by atoms with Crippen LogP contribution in [0.5, 0.6) is 0 Å². The first-order chi connectivity index (χ1) is 8.22. The van der Waals surface area contributed by atoms with E-state index in [1.54, 1.807) is 11.3 Å². The molecule has 1 saturated carbocycles. The molecule has 5 heteroatoms. The first-order valence-corrected chi connectivity index (χ1v) is 7.25. The maximum atomic E-state index is 11.6. The number of nitrogens with zero attached hydrogens (tertiary/aromatic N) is 1. The van der Waals surface area contributed by atoms with E-state index < -0.39 is 0 Å². The summed E-state index contributed by atoms with van der Waals surface area (Å²) in [5, 5.41) is 5.58. The van der Waals surface area contributed by atoms with Gasteiger partial charge in [0.05, 0.1) is 10.6 Å². The summed E-state index contributed by atoms with van der Waals surface area (Å²) in [7, 11) is 0. The molecule has 1 aliphatic carbocycles. The van der Waals surface area contributed by atoms with Gasteiger partial charge in [-0.05, 0) is 31.9 Å². The molecule has 2 heterocycles. The zero-order valence-electron chi connectivity index (χ0n) is 9.40. The van der Waals surface area contributed by atoms with Crippen LogP contribution in [0.3, 0.4) is 0 Å². The molecular weight excluding hydrogens is 252 g/mol. The Labute approximate surface area is 108 Å². The second-order valence-corrected chi connectivity index (χ2v) is 6.36. The third-order valence-corrected chi connectivity index (χ3v) is 4.46. The number of hydrogen-bond donors (Lipinski definition) is 1. The Kier molecular flexibility index (Phi) is 2.72.